The fourth-order valence-electron chi connectivity index (χ4n) is 1.63. The van der Waals surface area contributed by atoms with Crippen LogP contribution in [0.3, 0.4) is 0 Å². The van der Waals surface area contributed by atoms with Gasteiger partial charge in [0.2, 0.25) is 0 Å². The zero-order chi connectivity index (χ0) is 11.4. The predicted octanol–water partition coefficient (Wildman–Crippen LogP) is 0.960. The van der Waals surface area contributed by atoms with Crippen molar-refractivity contribution >= 4 is 5.97 Å². The number of carbonyl (C=O) groups excluding carboxylic acids is 1. The van der Waals surface area contributed by atoms with Crippen LogP contribution in [0.2, 0.25) is 0 Å². The van der Waals surface area contributed by atoms with Crippen molar-refractivity contribution in [1.29, 1.82) is 0 Å². The number of ether oxygens (including phenoxy) is 2. The molecule has 1 fully saturated rings. The van der Waals surface area contributed by atoms with Crippen molar-refractivity contribution in [3.8, 4) is 0 Å². The van der Waals surface area contributed by atoms with E-state index in [2.05, 4.69) is 0 Å². The maximum atomic E-state index is 11.7. The number of carbonyl (C=O) groups is 1. The molecule has 1 aromatic rings. The average Bonchev–Trinajstić information content (AvgIpc) is 2.33. The average molecular weight is 221 g/mol. The lowest BCUT2D eigenvalue weighted by atomic mass is 10.1. The Balaban J connectivity index is 1.96. The van der Waals surface area contributed by atoms with Gasteiger partial charge in [0, 0.05) is 12.6 Å². The molecule has 0 saturated carbocycles. The summed E-state index contributed by atoms with van der Waals surface area (Å²) in [6.07, 6.45) is 0.397. The second-order valence-corrected chi connectivity index (χ2v) is 3.84. The van der Waals surface area contributed by atoms with E-state index in [1.54, 1.807) is 24.3 Å². The molecule has 1 saturated heterocycles. The molecule has 2 N–H and O–H groups in total. The third-order valence-electron chi connectivity index (χ3n) is 2.62. The molecule has 0 radical (unpaired) electrons. The molecule has 4 nitrogen and oxygen atoms in total. The summed E-state index contributed by atoms with van der Waals surface area (Å²) in [7, 11) is 0. The number of nitrogens with two attached hydrogens (primary N) is 1. The fraction of sp³-hybridized carbons (Fsp3) is 0.417. The van der Waals surface area contributed by atoms with Crippen LogP contribution >= 0.6 is 0 Å². The van der Waals surface area contributed by atoms with Gasteiger partial charge >= 0.3 is 5.97 Å². The summed E-state index contributed by atoms with van der Waals surface area (Å²) in [6, 6.07) is 8.77. The van der Waals surface area contributed by atoms with Crippen LogP contribution in [0.4, 0.5) is 0 Å². The van der Waals surface area contributed by atoms with E-state index >= 15 is 0 Å². The smallest absolute Gasteiger partial charge is 0.338 e. The summed E-state index contributed by atoms with van der Waals surface area (Å²) in [4.78, 5) is 11.7. The highest BCUT2D eigenvalue weighted by molar-refractivity contribution is 5.89. The molecule has 4 heteroatoms. The molecule has 0 aromatic heterocycles. The molecule has 0 bridgehead atoms. The van der Waals surface area contributed by atoms with Gasteiger partial charge in [-0.3, -0.25) is 0 Å². The van der Waals surface area contributed by atoms with Gasteiger partial charge in [-0.05, 0) is 18.6 Å². The van der Waals surface area contributed by atoms with E-state index in [1.807, 2.05) is 6.07 Å². The lowest BCUT2D eigenvalue weighted by Gasteiger charge is -2.28. The predicted molar refractivity (Wildman–Crippen MR) is 59.1 cm³/mol. The molecule has 2 unspecified atom stereocenters. The molecule has 2 rings (SSSR count). The SMILES string of the molecule is NC1CCOCC1OC(=O)c1ccccc1. The quantitative estimate of drug-likeness (QED) is 0.755. The Morgan fingerprint density at radius 3 is 2.81 bits per heavy atom. The topological polar surface area (TPSA) is 61.6 Å². The van der Waals surface area contributed by atoms with E-state index in [1.165, 1.54) is 0 Å². The lowest BCUT2D eigenvalue weighted by Crippen LogP contribution is -2.45. The first-order valence-electron chi connectivity index (χ1n) is 5.37. The zero-order valence-electron chi connectivity index (χ0n) is 8.96. The second kappa shape index (κ2) is 5.09. The maximum absolute atomic E-state index is 11.7. The Morgan fingerprint density at radius 2 is 2.12 bits per heavy atom. The summed E-state index contributed by atoms with van der Waals surface area (Å²) in [5, 5.41) is 0. The van der Waals surface area contributed by atoms with Crippen LogP contribution in [0.15, 0.2) is 30.3 Å². The van der Waals surface area contributed by atoms with Gasteiger partial charge in [-0.2, -0.15) is 0 Å². The first kappa shape index (κ1) is 11.1. The van der Waals surface area contributed by atoms with Gasteiger partial charge in [-0.15, -0.1) is 0 Å². The highest BCUT2D eigenvalue weighted by Gasteiger charge is 2.26. The van der Waals surface area contributed by atoms with E-state index < -0.39 is 0 Å². The van der Waals surface area contributed by atoms with Crippen LogP contribution in [0.25, 0.3) is 0 Å². The van der Waals surface area contributed by atoms with Gasteiger partial charge in [0.05, 0.1) is 12.2 Å². The van der Waals surface area contributed by atoms with Crippen LogP contribution in [-0.4, -0.2) is 31.3 Å². The van der Waals surface area contributed by atoms with Gasteiger partial charge in [0.15, 0.2) is 0 Å². The van der Waals surface area contributed by atoms with Gasteiger partial charge in [0.25, 0.3) is 0 Å². The van der Waals surface area contributed by atoms with Crippen molar-refractivity contribution in [2.45, 2.75) is 18.6 Å². The first-order chi connectivity index (χ1) is 7.77. The summed E-state index contributed by atoms with van der Waals surface area (Å²) in [6.45, 7) is 1.03. The van der Waals surface area contributed by atoms with Crippen molar-refractivity contribution in [2.75, 3.05) is 13.2 Å². The van der Waals surface area contributed by atoms with Crippen LogP contribution in [0.5, 0.6) is 0 Å². The molecule has 2 atom stereocenters. The van der Waals surface area contributed by atoms with E-state index in [4.69, 9.17) is 15.2 Å². The molecule has 1 heterocycles. The summed E-state index contributed by atoms with van der Waals surface area (Å²) in [5.74, 6) is -0.341. The first-order valence-corrected chi connectivity index (χ1v) is 5.37. The molecule has 1 aliphatic heterocycles. The van der Waals surface area contributed by atoms with Crippen molar-refractivity contribution in [3.63, 3.8) is 0 Å². The number of hydrogen-bond acceptors (Lipinski definition) is 4. The molecule has 16 heavy (non-hydrogen) atoms. The summed E-state index contributed by atoms with van der Waals surface area (Å²) >= 11 is 0. The largest absolute Gasteiger partial charge is 0.455 e. The van der Waals surface area contributed by atoms with Crippen LogP contribution in [-0.2, 0) is 9.47 Å². The molecule has 0 aliphatic carbocycles. The fourth-order valence-corrected chi connectivity index (χ4v) is 1.63. The normalized spacial score (nSPS) is 25.1. The van der Waals surface area contributed by atoms with Gasteiger partial charge in [0.1, 0.15) is 6.10 Å². The lowest BCUT2D eigenvalue weighted by molar-refractivity contribution is -0.0402. The van der Waals surface area contributed by atoms with Crippen LogP contribution in [0, 0.1) is 0 Å². The van der Waals surface area contributed by atoms with E-state index in [-0.39, 0.29) is 18.1 Å². The number of rotatable bonds is 2. The summed E-state index contributed by atoms with van der Waals surface area (Å²) < 4.78 is 10.5. The molecule has 1 aromatic carbocycles. The Kier molecular flexibility index (Phi) is 3.54. The van der Waals surface area contributed by atoms with Crippen molar-refractivity contribution in [3.05, 3.63) is 35.9 Å². The Labute approximate surface area is 94.3 Å². The Morgan fingerprint density at radius 1 is 1.38 bits per heavy atom. The van der Waals surface area contributed by atoms with Crippen molar-refractivity contribution < 1.29 is 14.3 Å². The minimum Gasteiger partial charge on any atom is -0.455 e. The van der Waals surface area contributed by atoms with Gasteiger partial charge < -0.3 is 15.2 Å². The zero-order valence-corrected chi connectivity index (χ0v) is 8.96. The molecule has 1 aliphatic rings. The number of benzene rings is 1. The maximum Gasteiger partial charge on any atom is 0.338 e. The highest BCUT2D eigenvalue weighted by Crippen LogP contribution is 2.12. The minimum absolute atomic E-state index is 0.124. The van der Waals surface area contributed by atoms with E-state index in [0.29, 0.717) is 18.8 Å². The minimum atomic E-state index is -0.341. The second-order valence-electron chi connectivity index (χ2n) is 3.84. The van der Waals surface area contributed by atoms with Crippen LogP contribution in [0.1, 0.15) is 16.8 Å². The Bertz CT molecular complexity index is 353. The summed E-state index contributed by atoms with van der Waals surface area (Å²) in [5.41, 5.74) is 6.39. The number of esters is 1. The monoisotopic (exact) mass is 221 g/mol. The third-order valence-corrected chi connectivity index (χ3v) is 2.62. The van der Waals surface area contributed by atoms with Gasteiger partial charge in [-0.1, -0.05) is 18.2 Å². The van der Waals surface area contributed by atoms with E-state index in [9.17, 15) is 4.79 Å². The number of hydrogen-bond donors (Lipinski definition) is 1. The standard InChI is InChI=1S/C12H15NO3/c13-10-6-7-15-8-11(10)16-12(14)9-4-2-1-3-5-9/h1-5,10-11H,6-8,13H2. The van der Waals surface area contributed by atoms with E-state index in [0.717, 1.165) is 6.42 Å². The van der Waals surface area contributed by atoms with Crippen molar-refractivity contribution in [2.24, 2.45) is 5.73 Å². The van der Waals surface area contributed by atoms with Crippen molar-refractivity contribution in [1.82, 2.24) is 0 Å². The molecule has 0 amide bonds. The third kappa shape index (κ3) is 2.59. The van der Waals surface area contributed by atoms with Gasteiger partial charge in [-0.25, -0.2) is 4.79 Å². The molecule has 0 spiro atoms. The molecular weight excluding hydrogens is 206 g/mol. The van der Waals surface area contributed by atoms with Crippen LogP contribution < -0.4 is 5.73 Å². The Hall–Kier alpha value is -1.39. The highest BCUT2D eigenvalue weighted by atomic mass is 16.6. The molecule has 86 valence electrons. The molecular formula is C12H15NO3.